The molecule has 2 N–H and O–H groups in total. The lowest BCUT2D eigenvalue weighted by Crippen LogP contribution is -2.17. The van der Waals surface area contributed by atoms with Crippen LogP contribution in [0.1, 0.15) is 21.6 Å². The fourth-order valence-corrected chi connectivity index (χ4v) is 2.97. The third-order valence-electron chi connectivity index (χ3n) is 4.45. The fourth-order valence-electron chi connectivity index (χ4n) is 2.84. The SMILES string of the molecule is O=C(NN=Cc1ccccc1)c1cc(-c2cccc(OCc3ccc(Cl)cc3)c2)n[nH]1. The Hall–Kier alpha value is -3.90. The summed E-state index contributed by atoms with van der Waals surface area (Å²) in [7, 11) is 0. The van der Waals surface area contributed by atoms with Crippen LogP contribution in [0.4, 0.5) is 0 Å². The van der Waals surface area contributed by atoms with Crippen molar-refractivity contribution < 1.29 is 9.53 Å². The molecule has 1 aromatic heterocycles. The Bertz CT molecular complexity index is 1190. The van der Waals surface area contributed by atoms with Gasteiger partial charge in [-0.05, 0) is 41.5 Å². The molecule has 0 unspecified atom stereocenters. The van der Waals surface area contributed by atoms with Crippen LogP contribution in [0.3, 0.4) is 0 Å². The van der Waals surface area contributed by atoms with Crippen LogP contribution in [0, 0.1) is 0 Å². The van der Waals surface area contributed by atoms with E-state index in [1.807, 2.05) is 78.9 Å². The van der Waals surface area contributed by atoms with Crippen LogP contribution in [0.2, 0.25) is 5.02 Å². The molecule has 1 amide bonds. The highest BCUT2D eigenvalue weighted by atomic mass is 35.5. The Kier molecular flexibility index (Phi) is 6.40. The summed E-state index contributed by atoms with van der Waals surface area (Å²) in [6.07, 6.45) is 1.58. The van der Waals surface area contributed by atoms with Gasteiger partial charge in [0.05, 0.1) is 11.9 Å². The molecule has 0 bridgehead atoms. The van der Waals surface area contributed by atoms with Gasteiger partial charge in [0.2, 0.25) is 0 Å². The highest BCUT2D eigenvalue weighted by molar-refractivity contribution is 6.30. The summed E-state index contributed by atoms with van der Waals surface area (Å²) >= 11 is 5.91. The molecule has 0 fully saturated rings. The molecule has 0 atom stereocenters. The molecule has 3 aromatic carbocycles. The Morgan fingerprint density at radius 3 is 2.65 bits per heavy atom. The number of aromatic nitrogens is 2. The normalized spacial score (nSPS) is 10.9. The van der Waals surface area contributed by atoms with Crippen LogP contribution >= 0.6 is 11.6 Å². The van der Waals surface area contributed by atoms with Gasteiger partial charge in [-0.25, -0.2) is 5.43 Å². The van der Waals surface area contributed by atoms with Crippen LogP contribution in [0.15, 0.2) is 90.0 Å². The average molecular weight is 431 g/mol. The van der Waals surface area contributed by atoms with Crippen molar-refractivity contribution in [1.82, 2.24) is 15.6 Å². The Labute approximate surface area is 184 Å². The molecule has 0 saturated heterocycles. The maximum Gasteiger partial charge on any atom is 0.289 e. The van der Waals surface area contributed by atoms with E-state index in [1.165, 1.54) is 0 Å². The van der Waals surface area contributed by atoms with Crippen molar-refractivity contribution in [3.8, 4) is 17.0 Å². The fraction of sp³-hybridized carbons (Fsp3) is 0.0417. The first-order valence-corrected chi connectivity index (χ1v) is 9.97. The Balaban J connectivity index is 1.39. The van der Waals surface area contributed by atoms with E-state index in [0.29, 0.717) is 28.8 Å². The molecule has 4 rings (SSSR count). The second kappa shape index (κ2) is 9.73. The van der Waals surface area contributed by atoms with Gasteiger partial charge in [-0.15, -0.1) is 0 Å². The number of aromatic amines is 1. The molecule has 0 aliphatic heterocycles. The van der Waals surface area contributed by atoms with E-state index in [1.54, 1.807) is 12.3 Å². The average Bonchev–Trinajstić information content (AvgIpc) is 3.30. The molecular formula is C24H19ClN4O2. The molecule has 0 spiro atoms. The number of H-pyrrole nitrogens is 1. The second-order valence-electron chi connectivity index (χ2n) is 6.72. The van der Waals surface area contributed by atoms with Gasteiger partial charge in [0.25, 0.3) is 5.91 Å². The molecule has 0 saturated carbocycles. The van der Waals surface area contributed by atoms with Crippen molar-refractivity contribution in [2.45, 2.75) is 6.61 Å². The van der Waals surface area contributed by atoms with Gasteiger partial charge < -0.3 is 4.74 Å². The van der Waals surface area contributed by atoms with Crippen molar-refractivity contribution in [2.75, 3.05) is 0 Å². The van der Waals surface area contributed by atoms with E-state index in [2.05, 4.69) is 20.7 Å². The number of hydrogen-bond donors (Lipinski definition) is 2. The Morgan fingerprint density at radius 1 is 1.03 bits per heavy atom. The number of nitrogens with one attached hydrogen (secondary N) is 2. The third kappa shape index (κ3) is 5.58. The number of ether oxygens (including phenoxy) is 1. The zero-order valence-corrected chi connectivity index (χ0v) is 17.2. The highest BCUT2D eigenvalue weighted by Gasteiger charge is 2.11. The summed E-state index contributed by atoms with van der Waals surface area (Å²) in [5, 5.41) is 11.6. The minimum Gasteiger partial charge on any atom is -0.489 e. The summed E-state index contributed by atoms with van der Waals surface area (Å²) in [6, 6.07) is 26.2. The van der Waals surface area contributed by atoms with E-state index in [0.717, 1.165) is 16.7 Å². The lowest BCUT2D eigenvalue weighted by atomic mass is 10.1. The molecule has 154 valence electrons. The van der Waals surface area contributed by atoms with Crippen molar-refractivity contribution in [2.24, 2.45) is 5.10 Å². The van der Waals surface area contributed by atoms with Gasteiger partial charge in [-0.1, -0.05) is 66.2 Å². The summed E-state index contributed by atoms with van der Waals surface area (Å²) in [5.74, 6) is 0.329. The highest BCUT2D eigenvalue weighted by Crippen LogP contribution is 2.23. The minimum atomic E-state index is -0.374. The largest absolute Gasteiger partial charge is 0.489 e. The summed E-state index contributed by atoms with van der Waals surface area (Å²) in [6.45, 7) is 0.425. The predicted molar refractivity (Wildman–Crippen MR) is 121 cm³/mol. The molecule has 1 heterocycles. The topological polar surface area (TPSA) is 79.4 Å². The summed E-state index contributed by atoms with van der Waals surface area (Å²) in [5.41, 5.74) is 6.18. The number of nitrogens with zero attached hydrogens (tertiary/aromatic N) is 2. The minimum absolute atomic E-state index is 0.313. The number of rotatable bonds is 7. The van der Waals surface area contributed by atoms with E-state index in [4.69, 9.17) is 16.3 Å². The summed E-state index contributed by atoms with van der Waals surface area (Å²) in [4.78, 5) is 12.3. The molecule has 0 radical (unpaired) electrons. The van der Waals surface area contributed by atoms with Gasteiger partial charge in [-0.3, -0.25) is 9.89 Å². The van der Waals surface area contributed by atoms with Crippen LogP contribution in [0.25, 0.3) is 11.3 Å². The summed E-state index contributed by atoms with van der Waals surface area (Å²) < 4.78 is 5.86. The van der Waals surface area contributed by atoms with E-state index in [-0.39, 0.29) is 5.91 Å². The third-order valence-corrected chi connectivity index (χ3v) is 4.70. The molecule has 6 nitrogen and oxygen atoms in total. The maximum atomic E-state index is 12.3. The molecular weight excluding hydrogens is 412 g/mol. The van der Waals surface area contributed by atoms with Crippen molar-refractivity contribution >= 4 is 23.7 Å². The van der Waals surface area contributed by atoms with Crippen molar-refractivity contribution in [3.63, 3.8) is 0 Å². The number of hydrogen-bond acceptors (Lipinski definition) is 4. The van der Waals surface area contributed by atoms with Crippen molar-refractivity contribution in [1.29, 1.82) is 0 Å². The first-order valence-electron chi connectivity index (χ1n) is 9.59. The number of carbonyl (C=O) groups excluding carboxylic acids is 1. The van der Waals surface area contributed by atoms with Crippen LogP contribution in [0.5, 0.6) is 5.75 Å². The molecule has 7 heteroatoms. The first-order chi connectivity index (χ1) is 15.2. The molecule has 31 heavy (non-hydrogen) atoms. The van der Waals surface area contributed by atoms with E-state index >= 15 is 0 Å². The smallest absolute Gasteiger partial charge is 0.289 e. The lowest BCUT2D eigenvalue weighted by molar-refractivity contribution is 0.0950. The zero-order valence-electron chi connectivity index (χ0n) is 16.5. The predicted octanol–water partition coefficient (Wildman–Crippen LogP) is 5.07. The lowest BCUT2D eigenvalue weighted by Gasteiger charge is -2.07. The van der Waals surface area contributed by atoms with E-state index < -0.39 is 0 Å². The van der Waals surface area contributed by atoms with Crippen LogP contribution in [-0.2, 0) is 6.61 Å². The standard InChI is InChI=1S/C24H19ClN4O2/c25-20-11-9-18(10-12-20)16-31-21-8-4-7-19(13-21)22-14-23(28-27-22)24(30)29-26-15-17-5-2-1-3-6-17/h1-15H,16H2,(H,27,28)(H,29,30). The maximum absolute atomic E-state index is 12.3. The quantitative estimate of drug-likeness (QED) is 0.317. The zero-order chi connectivity index (χ0) is 21.5. The van der Waals surface area contributed by atoms with E-state index in [9.17, 15) is 4.79 Å². The van der Waals surface area contributed by atoms with Gasteiger partial charge in [0, 0.05) is 10.6 Å². The molecule has 0 aliphatic carbocycles. The van der Waals surface area contributed by atoms with Crippen LogP contribution < -0.4 is 10.2 Å². The molecule has 0 aliphatic rings. The molecule has 4 aromatic rings. The Morgan fingerprint density at radius 2 is 1.84 bits per heavy atom. The van der Waals surface area contributed by atoms with Crippen LogP contribution in [-0.4, -0.2) is 22.3 Å². The number of carbonyl (C=O) groups is 1. The van der Waals surface area contributed by atoms with Gasteiger partial charge in [0.1, 0.15) is 18.1 Å². The number of halogens is 1. The van der Waals surface area contributed by atoms with Crippen molar-refractivity contribution in [3.05, 3.63) is 107 Å². The first kappa shape index (κ1) is 20.4. The number of benzene rings is 3. The van der Waals surface area contributed by atoms with Gasteiger partial charge >= 0.3 is 0 Å². The second-order valence-corrected chi connectivity index (χ2v) is 7.16. The monoisotopic (exact) mass is 430 g/mol. The number of amides is 1. The van der Waals surface area contributed by atoms with Gasteiger partial charge in [0.15, 0.2) is 0 Å². The van der Waals surface area contributed by atoms with Gasteiger partial charge in [-0.2, -0.15) is 10.2 Å². The number of hydrazone groups is 1.